The first-order valence-corrected chi connectivity index (χ1v) is 18.9. The lowest BCUT2D eigenvalue weighted by Crippen LogP contribution is -2.53. The predicted molar refractivity (Wildman–Crippen MR) is 194 cm³/mol. The van der Waals surface area contributed by atoms with Crippen LogP contribution in [-0.2, 0) is 19.1 Å². The number of amides is 4. The van der Waals surface area contributed by atoms with Gasteiger partial charge in [-0.1, -0.05) is 27.7 Å². The van der Waals surface area contributed by atoms with E-state index < -0.39 is 30.7 Å². The number of ether oxygens (including phenoxy) is 1. The van der Waals surface area contributed by atoms with Crippen molar-refractivity contribution in [2.75, 3.05) is 26.8 Å². The maximum Gasteiger partial charge on any atom is 0.407 e. The van der Waals surface area contributed by atoms with Gasteiger partial charge in [-0.05, 0) is 43.1 Å². The van der Waals surface area contributed by atoms with Gasteiger partial charge in [-0.25, -0.2) is 9.78 Å². The molecule has 4 amide bonds. The van der Waals surface area contributed by atoms with Crippen molar-refractivity contribution >= 4 is 67.2 Å². The van der Waals surface area contributed by atoms with Gasteiger partial charge in [-0.3, -0.25) is 19.4 Å². The van der Waals surface area contributed by atoms with Crippen LogP contribution in [0.5, 0.6) is 0 Å². The summed E-state index contributed by atoms with van der Waals surface area (Å²) in [5, 5.41) is 18.9. The van der Waals surface area contributed by atoms with Crippen LogP contribution in [-0.4, -0.2) is 99.3 Å². The van der Waals surface area contributed by atoms with Crippen molar-refractivity contribution < 1.29 is 29.0 Å². The smallest absolute Gasteiger partial charge is 0.407 e. The molecule has 2 unspecified atom stereocenters. The summed E-state index contributed by atoms with van der Waals surface area (Å²) in [5.74, 6) is -0.363. The average Bonchev–Trinajstić information content (AvgIpc) is 3.94. The van der Waals surface area contributed by atoms with Crippen LogP contribution >= 0.6 is 22.7 Å². The SMILES string of the molecule is COC(=O)N[C@H](C(=O)N1CCCC1C1=NC=C(c2csc3c(-c4cnc(C5CCCN5C(=O)[C@@H](NC(=O)CO)C(C)C)[nH]4)csc23)C1)C(C)C. The summed E-state index contributed by atoms with van der Waals surface area (Å²) < 4.78 is 7.08. The number of H-pyrrole nitrogens is 1. The standard InChI is InChI=1S/C35H45N7O6S2/c1-18(2)28(39-27(44)15-43)33(45)42-11-7-9-26(42)32-37-14-24(38-32)22-17-50-30-21(16-49-31(22)30)20-12-23(36-13-20)25-8-6-10-41(25)34(46)29(19(3)4)40-35(47)48-5/h13-14,16-19,25-26,28-29,43H,6-12,15H2,1-5H3,(H,37,38)(H,39,44)(H,40,47)/t25?,26?,28-,29-/m0/s1. The number of hydrogen-bond acceptors (Lipinski definition) is 10. The first-order valence-electron chi connectivity index (χ1n) is 17.2. The van der Waals surface area contributed by atoms with E-state index in [1.54, 1.807) is 27.6 Å². The number of aromatic amines is 1. The van der Waals surface area contributed by atoms with Crippen molar-refractivity contribution in [3.63, 3.8) is 0 Å². The Hall–Kier alpha value is -4.08. The van der Waals surface area contributed by atoms with E-state index in [9.17, 15) is 24.3 Å². The minimum atomic E-state index is -0.724. The molecular weight excluding hydrogens is 679 g/mol. The predicted octanol–water partition coefficient (Wildman–Crippen LogP) is 4.71. The molecule has 15 heteroatoms. The number of alkyl carbamates (subject to hydrolysis) is 1. The number of thiophene rings is 2. The maximum atomic E-state index is 13.6. The number of hydrogen-bond donors (Lipinski definition) is 4. The summed E-state index contributed by atoms with van der Waals surface area (Å²) in [7, 11) is 1.29. The van der Waals surface area contributed by atoms with Crippen molar-refractivity contribution in [1.29, 1.82) is 0 Å². The lowest BCUT2D eigenvalue weighted by Gasteiger charge is -2.31. The summed E-state index contributed by atoms with van der Waals surface area (Å²) in [5.41, 5.74) is 5.15. The number of nitrogens with zero attached hydrogens (tertiary/aromatic N) is 4. The molecule has 3 aliphatic rings. The van der Waals surface area contributed by atoms with Crippen molar-refractivity contribution in [3.8, 4) is 11.3 Å². The highest BCUT2D eigenvalue weighted by Gasteiger charge is 2.39. The van der Waals surface area contributed by atoms with Crippen molar-refractivity contribution in [2.24, 2.45) is 16.8 Å². The molecule has 0 aliphatic carbocycles. The van der Waals surface area contributed by atoms with Gasteiger partial charge in [0.05, 0.1) is 40.5 Å². The fourth-order valence-electron chi connectivity index (χ4n) is 7.17. The second-order valence-electron chi connectivity index (χ2n) is 13.8. The number of nitrogens with one attached hydrogen (secondary N) is 3. The lowest BCUT2D eigenvalue weighted by molar-refractivity contribution is -0.139. The van der Waals surface area contributed by atoms with Gasteiger partial charge in [0.1, 0.15) is 24.5 Å². The van der Waals surface area contributed by atoms with E-state index >= 15 is 0 Å². The Kier molecular flexibility index (Phi) is 10.7. The van der Waals surface area contributed by atoms with Crippen LogP contribution < -0.4 is 10.6 Å². The number of carbonyl (C=O) groups is 4. The van der Waals surface area contributed by atoms with Gasteiger partial charge in [0.25, 0.3) is 0 Å². The molecule has 50 heavy (non-hydrogen) atoms. The number of likely N-dealkylation sites (tertiary alicyclic amines) is 2. The Morgan fingerprint density at radius 3 is 2.18 bits per heavy atom. The lowest BCUT2D eigenvalue weighted by atomic mass is 9.98. The summed E-state index contributed by atoms with van der Waals surface area (Å²) in [6.07, 6.45) is 7.09. The van der Waals surface area contributed by atoms with Gasteiger partial charge < -0.3 is 35.3 Å². The van der Waals surface area contributed by atoms with Crippen molar-refractivity contribution in [3.05, 3.63) is 34.5 Å². The topological polar surface area (TPSA) is 169 Å². The van der Waals surface area contributed by atoms with Crippen LogP contribution in [0.3, 0.4) is 0 Å². The Morgan fingerprint density at radius 1 is 0.940 bits per heavy atom. The molecule has 6 rings (SSSR count). The molecule has 0 spiro atoms. The zero-order valence-corrected chi connectivity index (χ0v) is 30.7. The fourth-order valence-corrected chi connectivity index (χ4v) is 9.64. The van der Waals surface area contributed by atoms with Crippen molar-refractivity contribution in [1.82, 2.24) is 30.4 Å². The molecule has 2 saturated heterocycles. The van der Waals surface area contributed by atoms with Gasteiger partial charge in [0, 0.05) is 53.3 Å². The number of aliphatic hydroxyl groups excluding tert-OH is 1. The van der Waals surface area contributed by atoms with Crippen LogP contribution in [0.25, 0.3) is 26.2 Å². The average molecular weight is 724 g/mol. The van der Waals surface area contributed by atoms with E-state index in [-0.39, 0.29) is 35.7 Å². The molecule has 268 valence electrons. The molecule has 3 aliphatic heterocycles. The van der Waals surface area contributed by atoms with Crippen LogP contribution in [0.2, 0.25) is 0 Å². The largest absolute Gasteiger partial charge is 0.453 e. The molecule has 6 heterocycles. The van der Waals surface area contributed by atoms with E-state index in [1.165, 1.54) is 11.8 Å². The van der Waals surface area contributed by atoms with Gasteiger partial charge in [0.15, 0.2) is 0 Å². The number of methoxy groups -OCH3 is 1. The highest BCUT2D eigenvalue weighted by molar-refractivity contribution is 7.27. The Balaban J connectivity index is 1.15. The third-order valence-electron chi connectivity index (χ3n) is 9.83. The fraction of sp³-hybridized carbons (Fsp3) is 0.543. The number of aliphatic imine (C=N–C) groups is 1. The second kappa shape index (κ2) is 15.0. The number of aromatic nitrogens is 2. The van der Waals surface area contributed by atoms with E-state index in [1.807, 2.05) is 45.0 Å². The molecule has 3 aromatic heterocycles. The number of rotatable bonds is 11. The Morgan fingerprint density at radius 2 is 1.54 bits per heavy atom. The molecule has 4 atom stereocenters. The van der Waals surface area contributed by atoms with E-state index in [4.69, 9.17) is 14.7 Å². The van der Waals surface area contributed by atoms with Gasteiger partial charge in [0.2, 0.25) is 17.7 Å². The zero-order valence-electron chi connectivity index (χ0n) is 29.0. The van der Waals surface area contributed by atoms with E-state index in [0.29, 0.717) is 25.3 Å². The molecular formula is C35H45N7O6S2. The van der Waals surface area contributed by atoms with Crippen LogP contribution in [0, 0.1) is 11.8 Å². The number of aliphatic hydroxyl groups is 1. The number of fused-ring (bicyclic) bond motifs is 1. The quantitative estimate of drug-likeness (QED) is 0.222. The summed E-state index contributed by atoms with van der Waals surface area (Å²) >= 11 is 3.35. The molecule has 0 bridgehead atoms. The summed E-state index contributed by atoms with van der Waals surface area (Å²) in [6.45, 7) is 8.11. The van der Waals surface area contributed by atoms with Crippen LogP contribution in [0.1, 0.15) is 77.2 Å². The van der Waals surface area contributed by atoms with E-state index in [2.05, 4.69) is 26.4 Å². The van der Waals surface area contributed by atoms with Crippen LogP contribution in [0.4, 0.5) is 4.79 Å². The monoisotopic (exact) mass is 723 g/mol. The number of allylic oxidation sites excluding steroid dienone is 1. The van der Waals surface area contributed by atoms with E-state index in [0.717, 1.165) is 58.5 Å². The van der Waals surface area contributed by atoms with Gasteiger partial charge in [-0.2, -0.15) is 0 Å². The highest BCUT2D eigenvalue weighted by atomic mass is 32.1. The summed E-state index contributed by atoms with van der Waals surface area (Å²) in [4.78, 5) is 67.8. The van der Waals surface area contributed by atoms with Crippen molar-refractivity contribution in [2.45, 2.75) is 84.0 Å². The Labute approximate surface area is 299 Å². The van der Waals surface area contributed by atoms with Gasteiger partial charge >= 0.3 is 6.09 Å². The number of imidazole rings is 1. The van der Waals surface area contributed by atoms with Crippen LogP contribution in [0.15, 0.2) is 28.1 Å². The molecule has 3 aromatic rings. The number of carbonyl (C=O) groups excluding carboxylic acids is 4. The summed E-state index contributed by atoms with van der Waals surface area (Å²) in [6, 6.07) is -1.74. The third-order valence-corrected chi connectivity index (χ3v) is 12.0. The molecule has 13 nitrogen and oxygen atoms in total. The Bertz CT molecular complexity index is 1820. The normalized spacial score (nSPS) is 20.4. The second-order valence-corrected chi connectivity index (χ2v) is 15.5. The molecule has 0 radical (unpaired) electrons. The first-order chi connectivity index (χ1) is 24.0. The minimum absolute atomic E-state index is 0.0939. The first kappa shape index (κ1) is 35.7. The zero-order chi connectivity index (χ0) is 35.7. The molecule has 4 N–H and O–H groups in total. The molecule has 0 saturated carbocycles. The van der Waals surface area contributed by atoms with Gasteiger partial charge in [-0.15, -0.1) is 22.7 Å². The minimum Gasteiger partial charge on any atom is -0.453 e. The molecule has 0 aromatic carbocycles. The maximum absolute atomic E-state index is 13.6. The third kappa shape index (κ3) is 6.95. The highest BCUT2D eigenvalue weighted by Crippen LogP contribution is 2.44. The molecule has 2 fully saturated rings.